The molecule has 0 saturated heterocycles. The third-order valence-electron chi connectivity index (χ3n) is 5.78. The van der Waals surface area contributed by atoms with E-state index < -0.39 is 5.97 Å². The molecule has 0 spiro atoms. The summed E-state index contributed by atoms with van der Waals surface area (Å²) >= 11 is 6.79. The lowest BCUT2D eigenvalue weighted by Crippen LogP contribution is -2.00. The first-order valence-corrected chi connectivity index (χ1v) is 11.8. The highest BCUT2D eigenvalue weighted by atomic mass is 35.5. The quantitative estimate of drug-likeness (QED) is 0.211. The van der Waals surface area contributed by atoms with Gasteiger partial charge in [-0.05, 0) is 71.4 Å². The summed E-state index contributed by atoms with van der Waals surface area (Å²) in [6.45, 7) is 6.47. The van der Waals surface area contributed by atoms with Crippen molar-refractivity contribution in [3.8, 4) is 0 Å². The van der Waals surface area contributed by atoms with Crippen LogP contribution in [0.5, 0.6) is 0 Å². The lowest BCUT2D eigenvalue weighted by atomic mass is 9.86. The molecule has 0 amide bonds. The number of carboxylic acids is 1. The normalized spacial score (nSPS) is 12.5. The molecule has 3 nitrogen and oxygen atoms in total. The van der Waals surface area contributed by atoms with Gasteiger partial charge in [-0.15, -0.1) is 0 Å². The molecule has 1 heterocycles. The number of carbonyl (C=O) groups is 1. The molecule has 2 N–H and O–H groups in total. The molecule has 0 bridgehead atoms. The number of H-pyrrole nitrogens is 1. The second-order valence-corrected chi connectivity index (χ2v) is 9.41. The standard InChI is InChI=1S/C30H28ClNO2/c1-19(2)16-25(24-14-8-20(3)17-26(24)31)30(28-18-23-6-4-5-7-27(23)32-28)22-12-9-21(10-13-22)11-15-29(33)34/h4-15,17-19,32H,16H2,1-3H3,(H,33,34)/b15-11+,30-25+. The Morgan fingerprint density at radius 2 is 1.76 bits per heavy atom. The van der Waals surface area contributed by atoms with Crippen LogP contribution in [0.3, 0.4) is 0 Å². The second kappa shape index (κ2) is 10.1. The number of rotatable bonds is 7. The topological polar surface area (TPSA) is 53.1 Å². The van der Waals surface area contributed by atoms with Crippen molar-refractivity contribution in [3.63, 3.8) is 0 Å². The molecule has 4 heteroatoms. The molecule has 0 unspecified atom stereocenters. The van der Waals surface area contributed by atoms with Crippen molar-refractivity contribution >= 4 is 45.7 Å². The van der Waals surface area contributed by atoms with Crippen LogP contribution in [0.1, 0.15) is 48.2 Å². The van der Waals surface area contributed by atoms with E-state index in [9.17, 15) is 4.79 Å². The zero-order valence-corrected chi connectivity index (χ0v) is 20.4. The highest BCUT2D eigenvalue weighted by Gasteiger charge is 2.19. The zero-order valence-electron chi connectivity index (χ0n) is 19.6. The van der Waals surface area contributed by atoms with E-state index in [1.807, 2.05) is 49.4 Å². The summed E-state index contributed by atoms with van der Waals surface area (Å²) < 4.78 is 0. The number of nitrogens with one attached hydrogen (secondary N) is 1. The molecule has 0 atom stereocenters. The fourth-order valence-electron chi connectivity index (χ4n) is 4.25. The molecule has 1 aromatic heterocycles. The zero-order chi connectivity index (χ0) is 24.2. The van der Waals surface area contributed by atoms with E-state index in [4.69, 9.17) is 16.7 Å². The first kappa shape index (κ1) is 23.6. The molecule has 0 aliphatic carbocycles. The van der Waals surface area contributed by atoms with Gasteiger partial charge in [0, 0.05) is 33.3 Å². The fourth-order valence-corrected chi connectivity index (χ4v) is 4.60. The molecular formula is C30H28ClNO2. The lowest BCUT2D eigenvalue weighted by molar-refractivity contribution is -0.131. The van der Waals surface area contributed by atoms with E-state index in [1.54, 1.807) is 6.08 Å². The van der Waals surface area contributed by atoms with Gasteiger partial charge in [0.25, 0.3) is 0 Å². The van der Waals surface area contributed by atoms with Gasteiger partial charge >= 0.3 is 5.97 Å². The van der Waals surface area contributed by atoms with Gasteiger partial charge in [-0.1, -0.05) is 80.0 Å². The molecule has 34 heavy (non-hydrogen) atoms. The predicted octanol–water partition coefficient (Wildman–Crippen LogP) is 8.23. The van der Waals surface area contributed by atoms with Crippen LogP contribution in [0.15, 0.2) is 78.9 Å². The maximum absolute atomic E-state index is 10.9. The SMILES string of the molecule is Cc1ccc(/C(CC(C)C)=C(\c2ccc(/C=C/C(=O)O)cc2)c2cc3ccccc3[nH]2)c(Cl)c1. The van der Waals surface area contributed by atoms with Crippen molar-refractivity contribution in [2.24, 2.45) is 5.92 Å². The Morgan fingerprint density at radius 1 is 1.03 bits per heavy atom. The van der Waals surface area contributed by atoms with Gasteiger partial charge in [-0.25, -0.2) is 4.79 Å². The largest absolute Gasteiger partial charge is 0.478 e. The highest BCUT2D eigenvalue weighted by Crippen LogP contribution is 2.39. The number of para-hydroxylation sites is 1. The van der Waals surface area contributed by atoms with Crippen LogP contribution in [0.2, 0.25) is 5.02 Å². The number of hydrogen-bond donors (Lipinski definition) is 2. The Morgan fingerprint density at radius 3 is 2.41 bits per heavy atom. The number of benzene rings is 3. The van der Waals surface area contributed by atoms with Crippen LogP contribution in [-0.4, -0.2) is 16.1 Å². The monoisotopic (exact) mass is 469 g/mol. The molecule has 0 aliphatic rings. The van der Waals surface area contributed by atoms with Crippen molar-refractivity contribution in [3.05, 3.63) is 112 Å². The van der Waals surface area contributed by atoms with E-state index >= 15 is 0 Å². The van der Waals surface area contributed by atoms with Crippen molar-refractivity contribution in [1.29, 1.82) is 0 Å². The molecule has 0 radical (unpaired) electrons. The van der Waals surface area contributed by atoms with E-state index in [-0.39, 0.29) is 0 Å². The average molecular weight is 470 g/mol. The number of allylic oxidation sites excluding steroid dienone is 1. The van der Waals surface area contributed by atoms with Crippen molar-refractivity contribution < 1.29 is 9.90 Å². The van der Waals surface area contributed by atoms with Gasteiger partial charge in [0.05, 0.1) is 0 Å². The summed E-state index contributed by atoms with van der Waals surface area (Å²) in [5.41, 5.74) is 8.43. The number of hydrogen-bond acceptors (Lipinski definition) is 1. The number of aliphatic carboxylic acids is 1. The molecular weight excluding hydrogens is 442 g/mol. The summed E-state index contributed by atoms with van der Waals surface area (Å²) in [6, 6.07) is 24.7. The van der Waals surface area contributed by atoms with Gasteiger partial charge in [0.15, 0.2) is 0 Å². The number of aromatic nitrogens is 1. The van der Waals surface area contributed by atoms with Crippen LogP contribution in [-0.2, 0) is 4.79 Å². The van der Waals surface area contributed by atoms with E-state index in [0.29, 0.717) is 5.92 Å². The van der Waals surface area contributed by atoms with Gasteiger partial charge in [0.2, 0.25) is 0 Å². The number of fused-ring (bicyclic) bond motifs is 1. The smallest absolute Gasteiger partial charge is 0.328 e. The minimum absolute atomic E-state index is 0.421. The Bertz CT molecular complexity index is 1360. The Kier molecular flexibility index (Phi) is 7.04. The number of aromatic amines is 1. The number of aryl methyl sites for hydroxylation is 1. The van der Waals surface area contributed by atoms with Crippen molar-refractivity contribution in [1.82, 2.24) is 4.98 Å². The third kappa shape index (κ3) is 5.32. The fraction of sp³-hybridized carbons (Fsp3) is 0.167. The minimum atomic E-state index is -0.962. The molecule has 0 saturated carbocycles. The highest BCUT2D eigenvalue weighted by molar-refractivity contribution is 6.32. The van der Waals surface area contributed by atoms with Crippen molar-refractivity contribution in [2.45, 2.75) is 27.2 Å². The van der Waals surface area contributed by atoms with Gasteiger partial charge < -0.3 is 10.1 Å². The van der Waals surface area contributed by atoms with Crippen molar-refractivity contribution in [2.75, 3.05) is 0 Å². The third-order valence-corrected chi connectivity index (χ3v) is 6.09. The molecule has 0 fully saturated rings. The first-order chi connectivity index (χ1) is 16.3. The molecule has 172 valence electrons. The van der Waals surface area contributed by atoms with E-state index in [0.717, 1.165) is 61.9 Å². The first-order valence-electron chi connectivity index (χ1n) is 11.4. The maximum atomic E-state index is 10.9. The van der Waals surface area contributed by atoms with Crippen LogP contribution < -0.4 is 0 Å². The Balaban J connectivity index is 1.98. The minimum Gasteiger partial charge on any atom is -0.478 e. The maximum Gasteiger partial charge on any atom is 0.328 e. The van der Waals surface area contributed by atoms with Gasteiger partial charge in [0.1, 0.15) is 0 Å². The van der Waals surface area contributed by atoms with E-state index in [1.165, 1.54) is 5.57 Å². The summed E-state index contributed by atoms with van der Waals surface area (Å²) in [7, 11) is 0. The summed E-state index contributed by atoms with van der Waals surface area (Å²) in [5.74, 6) is -0.541. The number of halogens is 1. The summed E-state index contributed by atoms with van der Waals surface area (Å²) in [6.07, 6.45) is 3.61. The molecule has 4 aromatic rings. The predicted molar refractivity (Wildman–Crippen MR) is 143 cm³/mol. The van der Waals surface area contributed by atoms with Crippen LogP contribution >= 0.6 is 11.6 Å². The summed E-state index contributed by atoms with van der Waals surface area (Å²) in [4.78, 5) is 14.5. The second-order valence-electron chi connectivity index (χ2n) is 9.00. The Hall–Kier alpha value is -3.56. The molecule has 4 rings (SSSR count). The lowest BCUT2D eigenvalue weighted by Gasteiger charge is -2.19. The van der Waals surface area contributed by atoms with Crippen LogP contribution in [0.4, 0.5) is 0 Å². The van der Waals surface area contributed by atoms with Crippen LogP contribution in [0, 0.1) is 12.8 Å². The molecule has 0 aliphatic heterocycles. The molecule has 3 aromatic carbocycles. The van der Waals surface area contributed by atoms with Gasteiger partial charge in [-0.3, -0.25) is 0 Å². The summed E-state index contributed by atoms with van der Waals surface area (Å²) in [5, 5.41) is 10.8. The van der Waals surface area contributed by atoms with Gasteiger partial charge in [-0.2, -0.15) is 0 Å². The Labute approximate surface area is 205 Å². The van der Waals surface area contributed by atoms with Crippen LogP contribution in [0.25, 0.3) is 28.1 Å². The van der Waals surface area contributed by atoms with E-state index in [2.05, 4.69) is 49.2 Å². The average Bonchev–Trinajstić information content (AvgIpc) is 3.21. The number of carboxylic acid groups (broad SMARTS) is 1.